The van der Waals surface area contributed by atoms with Crippen molar-refractivity contribution in [2.24, 2.45) is 0 Å². The summed E-state index contributed by atoms with van der Waals surface area (Å²) in [6.45, 7) is 3.56. The van der Waals surface area contributed by atoms with Gasteiger partial charge in [-0.1, -0.05) is 6.07 Å². The average Bonchev–Trinajstić information content (AvgIpc) is 2.92. The Kier molecular flexibility index (Phi) is 3.94. The second kappa shape index (κ2) is 5.91. The lowest BCUT2D eigenvalue weighted by Crippen LogP contribution is -2.35. The van der Waals surface area contributed by atoms with E-state index in [0.717, 1.165) is 12.0 Å². The van der Waals surface area contributed by atoms with Crippen LogP contribution in [0, 0.1) is 0 Å². The molecule has 0 saturated carbocycles. The van der Waals surface area contributed by atoms with Crippen molar-refractivity contribution in [3.63, 3.8) is 0 Å². The van der Waals surface area contributed by atoms with Gasteiger partial charge < -0.3 is 15.1 Å². The molecule has 2 aliphatic heterocycles. The van der Waals surface area contributed by atoms with Crippen molar-refractivity contribution in [1.82, 2.24) is 14.7 Å². The number of anilines is 1. The highest BCUT2D eigenvalue weighted by atomic mass is 16.2. The van der Waals surface area contributed by atoms with Crippen LogP contribution in [0.5, 0.6) is 0 Å². The Bertz CT molecular complexity index is 673. The Balaban J connectivity index is 1.73. The van der Waals surface area contributed by atoms with Crippen LogP contribution in [0.3, 0.4) is 0 Å². The van der Waals surface area contributed by atoms with E-state index < -0.39 is 0 Å². The predicted molar refractivity (Wildman–Crippen MR) is 85.1 cm³/mol. The largest absolute Gasteiger partial charge is 0.341 e. The first-order chi connectivity index (χ1) is 11.0. The standard InChI is InChI=1S/C16H20N4O3/c1-3-19-10-20(9-14(19)21)16(23)17-12-5-4-11-6-7-18(2)15(22)13(11)8-12/h4-5,8H,3,6-7,9-10H2,1-2H3,(H,17,23). The highest BCUT2D eigenvalue weighted by Crippen LogP contribution is 2.22. The van der Waals surface area contributed by atoms with Crippen molar-refractivity contribution in [3.05, 3.63) is 29.3 Å². The zero-order valence-electron chi connectivity index (χ0n) is 13.3. The molecule has 0 bridgehead atoms. The fraction of sp³-hybridized carbons (Fsp3) is 0.438. The molecule has 2 heterocycles. The number of hydrogen-bond acceptors (Lipinski definition) is 3. The predicted octanol–water partition coefficient (Wildman–Crippen LogP) is 0.968. The molecule has 1 aromatic rings. The summed E-state index contributed by atoms with van der Waals surface area (Å²) in [5.41, 5.74) is 2.20. The number of urea groups is 1. The lowest BCUT2D eigenvalue weighted by Gasteiger charge is -2.25. The molecule has 0 atom stereocenters. The molecule has 23 heavy (non-hydrogen) atoms. The summed E-state index contributed by atoms with van der Waals surface area (Å²) >= 11 is 0. The third-order valence-electron chi connectivity index (χ3n) is 4.34. The molecular formula is C16H20N4O3. The van der Waals surface area contributed by atoms with Crippen molar-refractivity contribution in [1.29, 1.82) is 0 Å². The molecule has 122 valence electrons. The van der Waals surface area contributed by atoms with Gasteiger partial charge in [-0.2, -0.15) is 0 Å². The number of hydrogen-bond donors (Lipinski definition) is 1. The number of fused-ring (bicyclic) bond motifs is 1. The maximum Gasteiger partial charge on any atom is 0.323 e. The topological polar surface area (TPSA) is 73.0 Å². The van der Waals surface area contributed by atoms with Crippen molar-refractivity contribution < 1.29 is 14.4 Å². The summed E-state index contributed by atoms with van der Waals surface area (Å²) < 4.78 is 0. The number of carbonyl (C=O) groups is 3. The van der Waals surface area contributed by atoms with Gasteiger partial charge in [-0.05, 0) is 31.0 Å². The Morgan fingerprint density at radius 1 is 1.30 bits per heavy atom. The van der Waals surface area contributed by atoms with Gasteiger partial charge in [-0.25, -0.2) is 4.79 Å². The molecule has 0 aromatic heterocycles. The van der Waals surface area contributed by atoms with E-state index in [1.165, 1.54) is 4.90 Å². The number of amides is 4. The molecule has 1 aromatic carbocycles. The normalized spacial score (nSPS) is 17.6. The van der Waals surface area contributed by atoms with Gasteiger partial charge >= 0.3 is 6.03 Å². The molecule has 1 N–H and O–H groups in total. The highest BCUT2D eigenvalue weighted by Gasteiger charge is 2.30. The van der Waals surface area contributed by atoms with Crippen LogP contribution in [0.15, 0.2) is 18.2 Å². The summed E-state index contributed by atoms with van der Waals surface area (Å²) in [5, 5.41) is 2.77. The molecule has 7 nitrogen and oxygen atoms in total. The molecule has 1 saturated heterocycles. The summed E-state index contributed by atoms with van der Waals surface area (Å²) in [7, 11) is 1.77. The number of nitrogens with zero attached hydrogens (tertiary/aromatic N) is 3. The first-order valence-electron chi connectivity index (χ1n) is 7.71. The molecule has 0 aliphatic carbocycles. The minimum absolute atomic E-state index is 0.0316. The fourth-order valence-electron chi connectivity index (χ4n) is 2.88. The lowest BCUT2D eigenvalue weighted by atomic mass is 9.99. The van der Waals surface area contributed by atoms with Crippen LogP contribution in [0.1, 0.15) is 22.8 Å². The van der Waals surface area contributed by atoms with Crippen molar-refractivity contribution >= 4 is 23.5 Å². The van der Waals surface area contributed by atoms with Crippen molar-refractivity contribution in [3.8, 4) is 0 Å². The van der Waals surface area contributed by atoms with E-state index in [2.05, 4.69) is 5.32 Å². The first kappa shape index (κ1) is 15.3. The number of benzene rings is 1. The Labute approximate surface area is 134 Å². The molecule has 3 rings (SSSR count). The average molecular weight is 316 g/mol. The van der Waals surface area contributed by atoms with Crippen molar-refractivity contribution in [2.75, 3.05) is 38.7 Å². The zero-order chi connectivity index (χ0) is 16.6. The summed E-state index contributed by atoms with van der Waals surface area (Å²) in [4.78, 5) is 40.9. The summed E-state index contributed by atoms with van der Waals surface area (Å²) in [6.07, 6.45) is 0.817. The summed E-state index contributed by atoms with van der Waals surface area (Å²) in [6, 6.07) is 5.06. The highest BCUT2D eigenvalue weighted by molar-refractivity contribution is 5.99. The van der Waals surface area contributed by atoms with Gasteiger partial charge in [0.1, 0.15) is 6.54 Å². The number of likely N-dealkylation sites (N-methyl/N-ethyl adjacent to an activating group) is 2. The van der Waals surface area contributed by atoms with Gasteiger partial charge in [0.15, 0.2) is 0 Å². The van der Waals surface area contributed by atoms with Crippen LogP contribution in [-0.2, 0) is 11.2 Å². The molecular weight excluding hydrogens is 296 g/mol. The minimum atomic E-state index is -0.328. The van der Waals surface area contributed by atoms with Crippen LogP contribution in [0.2, 0.25) is 0 Å². The van der Waals surface area contributed by atoms with Gasteiger partial charge in [-0.3, -0.25) is 14.5 Å². The maximum atomic E-state index is 12.3. The first-order valence-corrected chi connectivity index (χ1v) is 7.71. The SMILES string of the molecule is CCN1CN(C(=O)Nc2ccc3c(c2)C(=O)N(C)CC3)CC1=O. The molecule has 1 fully saturated rings. The van der Waals surface area contributed by atoms with E-state index in [-0.39, 0.29) is 24.4 Å². The van der Waals surface area contributed by atoms with Crippen LogP contribution in [-0.4, -0.2) is 65.9 Å². The van der Waals surface area contributed by atoms with E-state index >= 15 is 0 Å². The molecule has 0 radical (unpaired) electrons. The van der Waals surface area contributed by atoms with Crippen LogP contribution in [0.25, 0.3) is 0 Å². The van der Waals surface area contributed by atoms with E-state index in [1.54, 1.807) is 29.0 Å². The number of rotatable bonds is 2. The number of carbonyl (C=O) groups excluding carboxylic acids is 3. The molecule has 0 unspecified atom stereocenters. The van der Waals surface area contributed by atoms with Gasteiger partial charge in [0.25, 0.3) is 5.91 Å². The smallest absolute Gasteiger partial charge is 0.323 e. The van der Waals surface area contributed by atoms with E-state index in [0.29, 0.717) is 31.0 Å². The van der Waals surface area contributed by atoms with Gasteiger partial charge in [0.2, 0.25) is 5.91 Å². The van der Waals surface area contributed by atoms with E-state index in [4.69, 9.17) is 0 Å². The van der Waals surface area contributed by atoms with Gasteiger partial charge in [-0.15, -0.1) is 0 Å². The lowest BCUT2D eigenvalue weighted by molar-refractivity contribution is -0.126. The van der Waals surface area contributed by atoms with Crippen LogP contribution < -0.4 is 5.32 Å². The van der Waals surface area contributed by atoms with Gasteiger partial charge in [0, 0.05) is 31.4 Å². The quantitative estimate of drug-likeness (QED) is 0.883. The van der Waals surface area contributed by atoms with Crippen LogP contribution >= 0.6 is 0 Å². The zero-order valence-corrected chi connectivity index (χ0v) is 13.3. The fourth-order valence-corrected chi connectivity index (χ4v) is 2.88. The minimum Gasteiger partial charge on any atom is -0.341 e. The third-order valence-corrected chi connectivity index (χ3v) is 4.34. The Morgan fingerprint density at radius 3 is 2.78 bits per heavy atom. The summed E-state index contributed by atoms with van der Waals surface area (Å²) in [5.74, 6) is -0.0826. The second-order valence-corrected chi connectivity index (χ2v) is 5.87. The monoisotopic (exact) mass is 316 g/mol. The van der Waals surface area contributed by atoms with E-state index in [9.17, 15) is 14.4 Å². The Morgan fingerprint density at radius 2 is 2.09 bits per heavy atom. The van der Waals surface area contributed by atoms with E-state index in [1.807, 2.05) is 13.0 Å². The van der Waals surface area contributed by atoms with Crippen LogP contribution in [0.4, 0.5) is 10.5 Å². The molecule has 7 heteroatoms. The molecule has 4 amide bonds. The third kappa shape index (κ3) is 2.86. The molecule has 0 spiro atoms. The Hall–Kier alpha value is -2.57. The second-order valence-electron chi connectivity index (χ2n) is 5.87. The number of nitrogens with one attached hydrogen (secondary N) is 1. The molecule has 2 aliphatic rings. The maximum absolute atomic E-state index is 12.3. The van der Waals surface area contributed by atoms with Gasteiger partial charge in [0.05, 0.1) is 6.67 Å². The van der Waals surface area contributed by atoms with Crippen molar-refractivity contribution in [2.45, 2.75) is 13.3 Å².